The Morgan fingerprint density at radius 3 is 2.75 bits per heavy atom. The monoisotopic (exact) mass is 277 g/mol. The predicted octanol–water partition coefficient (Wildman–Crippen LogP) is 3.60. The van der Waals surface area contributed by atoms with Crippen molar-refractivity contribution >= 4 is 5.82 Å². The minimum Gasteiger partial charge on any atom is -0.474 e. The van der Waals surface area contributed by atoms with Crippen LogP contribution in [0.15, 0.2) is 6.07 Å². The number of anilines is 1. The Balaban J connectivity index is 2.09. The van der Waals surface area contributed by atoms with Crippen LogP contribution in [0.4, 0.5) is 5.82 Å². The van der Waals surface area contributed by atoms with Gasteiger partial charge in [0.25, 0.3) is 0 Å². The summed E-state index contributed by atoms with van der Waals surface area (Å²) in [4.78, 5) is 8.72. The first kappa shape index (κ1) is 15.1. The van der Waals surface area contributed by atoms with Crippen molar-refractivity contribution in [3.05, 3.63) is 11.9 Å². The van der Waals surface area contributed by atoms with E-state index >= 15 is 0 Å². The Bertz CT molecular complexity index is 459. The van der Waals surface area contributed by atoms with E-state index in [0.717, 1.165) is 31.5 Å². The van der Waals surface area contributed by atoms with Crippen LogP contribution in [0.1, 0.15) is 59.2 Å². The van der Waals surface area contributed by atoms with Crippen LogP contribution in [0.3, 0.4) is 0 Å². The molecular weight excluding hydrogens is 250 g/mol. The fourth-order valence-corrected chi connectivity index (χ4v) is 3.41. The van der Waals surface area contributed by atoms with Gasteiger partial charge in [0, 0.05) is 12.5 Å². The van der Waals surface area contributed by atoms with Gasteiger partial charge in [0.1, 0.15) is 17.7 Å². The van der Waals surface area contributed by atoms with Gasteiger partial charge in [0.05, 0.1) is 0 Å². The second-order valence-corrected chi connectivity index (χ2v) is 6.95. The molecule has 2 rings (SSSR count). The van der Waals surface area contributed by atoms with Gasteiger partial charge in [0.15, 0.2) is 0 Å². The van der Waals surface area contributed by atoms with E-state index in [1.54, 1.807) is 6.07 Å². The highest BCUT2D eigenvalue weighted by atomic mass is 16.5. The van der Waals surface area contributed by atoms with Crippen LogP contribution in [-0.2, 0) is 6.42 Å². The van der Waals surface area contributed by atoms with Gasteiger partial charge in [-0.25, -0.2) is 4.98 Å². The molecule has 0 spiro atoms. The van der Waals surface area contributed by atoms with Crippen molar-refractivity contribution in [2.24, 2.45) is 11.3 Å². The SMILES string of the molecule is CCCc1nc(N)cc(OC2CC(C)CC(C)(C)C2)n1. The number of ether oxygens (including phenoxy) is 1. The molecule has 2 N–H and O–H groups in total. The van der Waals surface area contributed by atoms with E-state index in [2.05, 4.69) is 37.7 Å². The summed E-state index contributed by atoms with van der Waals surface area (Å²) in [5.74, 6) is 2.61. The molecule has 0 radical (unpaired) electrons. The molecule has 112 valence electrons. The zero-order chi connectivity index (χ0) is 14.8. The summed E-state index contributed by atoms with van der Waals surface area (Å²) in [6, 6.07) is 1.74. The third-order valence-corrected chi connectivity index (χ3v) is 3.88. The van der Waals surface area contributed by atoms with Gasteiger partial charge in [-0.05, 0) is 37.0 Å². The second kappa shape index (κ2) is 5.98. The number of aryl methyl sites for hydroxylation is 1. The topological polar surface area (TPSA) is 61.0 Å². The minimum absolute atomic E-state index is 0.234. The lowest BCUT2D eigenvalue weighted by atomic mass is 9.71. The summed E-state index contributed by atoms with van der Waals surface area (Å²) < 4.78 is 6.10. The smallest absolute Gasteiger partial charge is 0.218 e. The molecule has 0 aromatic carbocycles. The van der Waals surface area contributed by atoms with Crippen molar-refractivity contribution in [1.29, 1.82) is 0 Å². The molecule has 1 heterocycles. The average Bonchev–Trinajstić information content (AvgIpc) is 2.24. The summed E-state index contributed by atoms with van der Waals surface area (Å²) >= 11 is 0. The van der Waals surface area contributed by atoms with Gasteiger partial charge in [-0.2, -0.15) is 4.98 Å². The van der Waals surface area contributed by atoms with Crippen LogP contribution in [-0.4, -0.2) is 16.1 Å². The van der Waals surface area contributed by atoms with Gasteiger partial charge >= 0.3 is 0 Å². The van der Waals surface area contributed by atoms with Crippen LogP contribution < -0.4 is 10.5 Å². The van der Waals surface area contributed by atoms with Gasteiger partial charge in [0.2, 0.25) is 5.88 Å². The van der Waals surface area contributed by atoms with Crippen LogP contribution >= 0.6 is 0 Å². The van der Waals surface area contributed by atoms with E-state index in [4.69, 9.17) is 10.5 Å². The summed E-state index contributed by atoms with van der Waals surface area (Å²) in [6.07, 6.45) is 5.52. The highest BCUT2D eigenvalue weighted by Crippen LogP contribution is 2.39. The lowest BCUT2D eigenvalue weighted by molar-refractivity contribution is 0.0531. The van der Waals surface area contributed by atoms with E-state index in [0.29, 0.717) is 23.0 Å². The molecule has 4 nitrogen and oxygen atoms in total. The van der Waals surface area contributed by atoms with Crippen molar-refractivity contribution in [2.75, 3.05) is 5.73 Å². The summed E-state index contributed by atoms with van der Waals surface area (Å²) in [5, 5.41) is 0. The highest BCUT2D eigenvalue weighted by molar-refractivity contribution is 5.33. The summed E-state index contributed by atoms with van der Waals surface area (Å²) in [6.45, 7) is 9.04. The maximum Gasteiger partial charge on any atom is 0.218 e. The van der Waals surface area contributed by atoms with E-state index in [-0.39, 0.29) is 6.10 Å². The molecule has 0 bridgehead atoms. The fraction of sp³-hybridized carbons (Fsp3) is 0.750. The number of hydrogen-bond donors (Lipinski definition) is 1. The Hall–Kier alpha value is -1.32. The number of nitrogens with zero attached hydrogens (tertiary/aromatic N) is 2. The van der Waals surface area contributed by atoms with Gasteiger partial charge in [-0.15, -0.1) is 0 Å². The molecule has 4 heteroatoms. The minimum atomic E-state index is 0.234. The van der Waals surface area contributed by atoms with Gasteiger partial charge in [-0.3, -0.25) is 0 Å². The van der Waals surface area contributed by atoms with Crippen LogP contribution in [0.25, 0.3) is 0 Å². The molecule has 1 aromatic heterocycles. The van der Waals surface area contributed by atoms with E-state index < -0.39 is 0 Å². The largest absolute Gasteiger partial charge is 0.474 e. The van der Waals surface area contributed by atoms with E-state index in [1.165, 1.54) is 6.42 Å². The normalized spacial score (nSPS) is 25.4. The van der Waals surface area contributed by atoms with Crippen LogP contribution in [0.2, 0.25) is 0 Å². The molecule has 1 fully saturated rings. The third kappa shape index (κ3) is 4.09. The molecule has 1 aliphatic carbocycles. The molecular formula is C16H27N3O. The molecule has 0 amide bonds. The van der Waals surface area contributed by atoms with Gasteiger partial charge in [-0.1, -0.05) is 27.7 Å². The maximum atomic E-state index is 6.10. The Morgan fingerprint density at radius 2 is 2.10 bits per heavy atom. The highest BCUT2D eigenvalue weighted by Gasteiger charge is 2.33. The second-order valence-electron chi connectivity index (χ2n) is 6.95. The Labute approximate surface area is 122 Å². The summed E-state index contributed by atoms with van der Waals surface area (Å²) in [7, 11) is 0. The number of hydrogen-bond acceptors (Lipinski definition) is 4. The number of nitrogen functional groups attached to an aromatic ring is 1. The summed E-state index contributed by atoms with van der Waals surface area (Å²) in [5.41, 5.74) is 6.18. The number of aromatic nitrogens is 2. The average molecular weight is 277 g/mol. The first-order valence-corrected chi connectivity index (χ1v) is 7.68. The molecule has 1 aromatic rings. The maximum absolute atomic E-state index is 6.10. The quantitative estimate of drug-likeness (QED) is 0.913. The van der Waals surface area contributed by atoms with Crippen molar-refractivity contribution in [2.45, 2.75) is 65.9 Å². The van der Waals surface area contributed by atoms with Crippen LogP contribution in [0.5, 0.6) is 5.88 Å². The molecule has 2 unspecified atom stereocenters. The zero-order valence-corrected chi connectivity index (χ0v) is 13.1. The molecule has 2 atom stereocenters. The first-order valence-electron chi connectivity index (χ1n) is 7.68. The Kier molecular flexibility index (Phi) is 4.51. The van der Waals surface area contributed by atoms with Crippen molar-refractivity contribution < 1.29 is 4.74 Å². The lowest BCUT2D eigenvalue weighted by Gasteiger charge is -2.38. The fourth-order valence-electron chi connectivity index (χ4n) is 3.41. The van der Waals surface area contributed by atoms with Crippen molar-refractivity contribution in [1.82, 2.24) is 9.97 Å². The predicted molar refractivity (Wildman–Crippen MR) is 81.7 cm³/mol. The zero-order valence-electron chi connectivity index (χ0n) is 13.1. The van der Waals surface area contributed by atoms with E-state index in [1.807, 2.05) is 0 Å². The molecule has 0 aliphatic heterocycles. The molecule has 1 aliphatic rings. The van der Waals surface area contributed by atoms with Gasteiger partial charge < -0.3 is 10.5 Å². The Morgan fingerprint density at radius 1 is 1.35 bits per heavy atom. The number of nitrogens with two attached hydrogens (primary N) is 1. The third-order valence-electron chi connectivity index (χ3n) is 3.88. The van der Waals surface area contributed by atoms with Crippen molar-refractivity contribution in [3.8, 4) is 5.88 Å². The van der Waals surface area contributed by atoms with Crippen LogP contribution in [0, 0.1) is 11.3 Å². The number of rotatable bonds is 4. The van der Waals surface area contributed by atoms with Crippen molar-refractivity contribution in [3.63, 3.8) is 0 Å². The first-order chi connectivity index (χ1) is 9.38. The van der Waals surface area contributed by atoms with E-state index in [9.17, 15) is 0 Å². The lowest BCUT2D eigenvalue weighted by Crippen LogP contribution is -2.34. The standard InChI is InChI=1S/C16H27N3O/c1-5-6-14-18-13(17)8-15(19-14)20-12-7-11(2)9-16(3,4)10-12/h8,11-12H,5-7,9-10H2,1-4H3,(H2,17,18,19). The molecule has 0 saturated heterocycles. The molecule has 20 heavy (non-hydrogen) atoms. The molecule has 1 saturated carbocycles.